The summed E-state index contributed by atoms with van der Waals surface area (Å²) in [6, 6.07) is 19.6. The molecule has 5 rings (SSSR count). The SMILES string of the molecule is CC1=C(c2cccc(O)c2)[C@H](c2ccc(OC(C)(C)N3C[C@H](O)[C@@H](F)C3)cc2)Oc2ccc(O)cc21. The number of aromatic hydroxyl groups is 2. The highest BCUT2D eigenvalue weighted by Crippen LogP contribution is 2.47. The Balaban J connectivity index is 1.47. The molecular weight excluding hydrogens is 461 g/mol. The number of alkyl halides is 1. The fraction of sp³-hybridized carbons (Fsp3) is 0.310. The van der Waals surface area contributed by atoms with Gasteiger partial charge in [-0.25, -0.2) is 4.39 Å². The summed E-state index contributed by atoms with van der Waals surface area (Å²) in [5.74, 6) is 1.58. The van der Waals surface area contributed by atoms with Gasteiger partial charge in [0.15, 0.2) is 5.72 Å². The van der Waals surface area contributed by atoms with Crippen LogP contribution in [0.5, 0.6) is 23.0 Å². The van der Waals surface area contributed by atoms with Crippen LogP contribution in [-0.2, 0) is 0 Å². The molecule has 0 spiro atoms. The third-order valence-corrected chi connectivity index (χ3v) is 6.97. The molecule has 1 saturated heterocycles. The van der Waals surface area contributed by atoms with Crippen molar-refractivity contribution < 1.29 is 29.2 Å². The Kier molecular flexibility index (Phi) is 6.14. The minimum atomic E-state index is -1.28. The Hall–Kier alpha value is -3.55. The van der Waals surface area contributed by atoms with E-state index in [0.717, 1.165) is 27.8 Å². The number of aliphatic hydroxyl groups excluding tert-OH is 1. The van der Waals surface area contributed by atoms with Gasteiger partial charge in [0.25, 0.3) is 0 Å². The number of benzene rings is 3. The van der Waals surface area contributed by atoms with Crippen LogP contribution in [0.2, 0.25) is 0 Å². The number of hydrogen-bond acceptors (Lipinski definition) is 6. The van der Waals surface area contributed by atoms with E-state index < -0.39 is 24.1 Å². The van der Waals surface area contributed by atoms with Crippen molar-refractivity contribution in [2.24, 2.45) is 0 Å². The van der Waals surface area contributed by atoms with Crippen LogP contribution in [0, 0.1) is 0 Å². The van der Waals surface area contributed by atoms with Gasteiger partial charge >= 0.3 is 0 Å². The first-order valence-corrected chi connectivity index (χ1v) is 12.0. The summed E-state index contributed by atoms with van der Waals surface area (Å²) in [6.45, 7) is 6.03. The molecule has 2 heterocycles. The highest BCUT2D eigenvalue weighted by atomic mass is 19.1. The Morgan fingerprint density at radius 2 is 1.69 bits per heavy atom. The zero-order valence-electron chi connectivity index (χ0n) is 20.5. The largest absolute Gasteiger partial charge is 0.508 e. The fourth-order valence-corrected chi connectivity index (χ4v) is 4.97. The zero-order valence-corrected chi connectivity index (χ0v) is 20.5. The first-order chi connectivity index (χ1) is 17.1. The summed E-state index contributed by atoms with van der Waals surface area (Å²) in [6.07, 6.45) is -2.74. The van der Waals surface area contributed by atoms with Crippen LogP contribution in [0.4, 0.5) is 4.39 Å². The normalized spacial score (nSPS) is 22.3. The maximum Gasteiger partial charge on any atom is 0.158 e. The molecule has 0 aromatic heterocycles. The lowest BCUT2D eigenvalue weighted by Crippen LogP contribution is -2.47. The predicted molar refractivity (Wildman–Crippen MR) is 136 cm³/mol. The average molecular weight is 492 g/mol. The molecule has 3 aromatic carbocycles. The van der Waals surface area contributed by atoms with Gasteiger partial charge in [-0.1, -0.05) is 24.3 Å². The summed E-state index contributed by atoms with van der Waals surface area (Å²) in [5.41, 5.74) is 3.54. The lowest BCUT2D eigenvalue weighted by molar-refractivity contribution is -0.0479. The average Bonchev–Trinajstić information content (AvgIpc) is 3.19. The first kappa shape index (κ1) is 24.2. The van der Waals surface area contributed by atoms with E-state index in [1.54, 1.807) is 41.3 Å². The second-order valence-electron chi connectivity index (χ2n) is 9.87. The number of nitrogens with zero attached hydrogens (tertiary/aromatic N) is 1. The van der Waals surface area contributed by atoms with E-state index in [0.29, 0.717) is 11.5 Å². The van der Waals surface area contributed by atoms with Crippen molar-refractivity contribution in [3.05, 3.63) is 83.4 Å². The second kappa shape index (κ2) is 9.15. The standard InChI is InChI=1S/C29H30FNO5/c1-17-23-14-21(33)9-12-26(23)35-28(27(17)19-5-4-6-20(32)13-19)18-7-10-22(11-8-18)36-29(2,3)31-15-24(30)25(34)16-31/h4-14,24-25,28,32-34H,15-16H2,1-3H3/t24-,25-,28-/m0/s1. The number of rotatable bonds is 5. The smallest absolute Gasteiger partial charge is 0.158 e. The van der Waals surface area contributed by atoms with Gasteiger partial charge in [-0.05, 0) is 79.9 Å². The Bertz CT molecular complexity index is 1290. The summed E-state index contributed by atoms with van der Waals surface area (Å²) in [7, 11) is 0. The van der Waals surface area contributed by atoms with Crippen molar-refractivity contribution in [3.63, 3.8) is 0 Å². The highest BCUT2D eigenvalue weighted by molar-refractivity contribution is 5.95. The third kappa shape index (κ3) is 4.52. The van der Waals surface area contributed by atoms with Gasteiger partial charge in [-0.15, -0.1) is 0 Å². The van der Waals surface area contributed by atoms with Crippen LogP contribution in [0.15, 0.2) is 66.7 Å². The maximum absolute atomic E-state index is 13.9. The summed E-state index contributed by atoms with van der Waals surface area (Å²) in [5, 5.41) is 30.0. The second-order valence-corrected chi connectivity index (χ2v) is 9.87. The lowest BCUT2D eigenvalue weighted by atomic mass is 9.86. The van der Waals surface area contributed by atoms with Gasteiger partial charge < -0.3 is 24.8 Å². The zero-order chi connectivity index (χ0) is 25.6. The van der Waals surface area contributed by atoms with Crippen molar-refractivity contribution in [3.8, 4) is 23.0 Å². The van der Waals surface area contributed by atoms with Crippen molar-refractivity contribution in [2.75, 3.05) is 13.1 Å². The van der Waals surface area contributed by atoms with E-state index in [9.17, 15) is 19.7 Å². The molecule has 2 aliphatic rings. The van der Waals surface area contributed by atoms with Crippen LogP contribution < -0.4 is 9.47 Å². The fourth-order valence-electron chi connectivity index (χ4n) is 4.97. The monoisotopic (exact) mass is 491 g/mol. The minimum Gasteiger partial charge on any atom is -0.508 e. The van der Waals surface area contributed by atoms with E-state index in [1.165, 1.54) is 0 Å². The topological polar surface area (TPSA) is 82.4 Å². The molecule has 3 atom stereocenters. The van der Waals surface area contributed by atoms with E-state index in [1.807, 2.05) is 51.1 Å². The number of halogens is 1. The number of aliphatic hydroxyl groups is 1. The Morgan fingerprint density at radius 3 is 2.36 bits per heavy atom. The molecule has 2 aliphatic heterocycles. The van der Waals surface area contributed by atoms with E-state index >= 15 is 0 Å². The maximum atomic E-state index is 13.9. The van der Waals surface area contributed by atoms with Crippen LogP contribution in [0.3, 0.4) is 0 Å². The number of ether oxygens (including phenoxy) is 2. The van der Waals surface area contributed by atoms with Crippen LogP contribution in [0.25, 0.3) is 11.1 Å². The molecule has 3 aromatic rings. The van der Waals surface area contributed by atoms with Gasteiger partial charge in [0.1, 0.15) is 35.3 Å². The molecule has 0 saturated carbocycles. The summed E-state index contributed by atoms with van der Waals surface area (Å²) < 4.78 is 26.5. The van der Waals surface area contributed by atoms with Crippen LogP contribution >= 0.6 is 0 Å². The lowest BCUT2D eigenvalue weighted by Gasteiger charge is -2.35. The van der Waals surface area contributed by atoms with E-state index in [-0.39, 0.29) is 24.6 Å². The van der Waals surface area contributed by atoms with E-state index in [2.05, 4.69) is 0 Å². The van der Waals surface area contributed by atoms with Crippen molar-refractivity contribution in [1.82, 2.24) is 4.90 Å². The van der Waals surface area contributed by atoms with Gasteiger partial charge in [0, 0.05) is 24.2 Å². The van der Waals surface area contributed by atoms with Crippen LogP contribution in [-0.4, -0.2) is 51.3 Å². The molecule has 0 bridgehead atoms. The van der Waals surface area contributed by atoms with Gasteiger partial charge in [-0.3, -0.25) is 4.90 Å². The third-order valence-electron chi connectivity index (χ3n) is 6.97. The summed E-state index contributed by atoms with van der Waals surface area (Å²) >= 11 is 0. The Morgan fingerprint density at radius 1 is 0.972 bits per heavy atom. The molecule has 0 unspecified atom stereocenters. The highest BCUT2D eigenvalue weighted by Gasteiger charge is 2.40. The van der Waals surface area contributed by atoms with Crippen molar-refractivity contribution in [2.45, 2.75) is 44.9 Å². The Labute approximate surface area is 209 Å². The number of allylic oxidation sites excluding steroid dienone is 1. The molecule has 1 fully saturated rings. The molecule has 7 heteroatoms. The number of phenolic OH excluding ortho intramolecular Hbond substituents is 2. The number of phenols is 2. The molecule has 0 aliphatic carbocycles. The number of hydrogen-bond donors (Lipinski definition) is 3. The molecule has 6 nitrogen and oxygen atoms in total. The minimum absolute atomic E-state index is 0.120. The molecule has 3 N–H and O–H groups in total. The molecular formula is C29H30FNO5. The van der Waals surface area contributed by atoms with Crippen molar-refractivity contribution >= 4 is 11.1 Å². The first-order valence-electron chi connectivity index (χ1n) is 12.0. The summed E-state index contributed by atoms with van der Waals surface area (Å²) in [4.78, 5) is 1.79. The van der Waals surface area contributed by atoms with Gasteiger partial charge in [0.2, 0.25) is 0 Å². The van der Waals surface area contributed by atoms with Crippen LogP contribution in [0.1, 0.15) is 43.6 Å². The quantitative estimate of drug-likeness (QED) is 0.450. The molecule has 36 heavy (non-hydrogen) atoms. The molecule has 188 valence electrons. The van der Waals surface area contributed by atoms with Crippen molar-refractivity contribution in [1.29, 1.82) is 0 Å². The van der Waals surface area contributed by atoms with Gasteiger partial charge in [-0.2, -0.15) is 0 Å². The molecule has 0 radical (unpaired) electrons. The number of likely N-dealkylation sites (tertiary alicyclic amines) is 1. The molecule has 0 amide bonds. The predicted octanol–water partition coefficient (Wildman–Crippen LogP) is 5.29. The number of fused-ring (bicyclic) bond motifs is 1. The van der Waals surface area contributed by atoms with Gasteiger partial charge in [0.05, 0.1) is 6.10 Å². The number of β-amino-alcohol motifs (C(OH)–C–C–N with tert-alkyl or cyclic N) is 1. The van der Waals surface area contributed by atoms with E-state index in [4.69, 9.17) is 9.47 Å².